The fourth-order valence-corrected chi connectivity index (χ4v) is 3.16. The van der Waals surface area contributed by atoms with E-state index in [1.165, 1.54) is 13.2 Å². The smallest absolute Gasteiger partial charge is 0.266 e. The fraction of sp³-hybridized carbons (Fsp3) is 0.100. The molecule has 0 aliphatic heterocycles. The minimum atomic E-state index is -0.527. The number of nitrogens with one attached hydrogen (secondary N) is 1. The largest absolute Gasteiger partial charge is 0.493 e. The summed E-state index contributed by atoms with van der Waals surface area (Å²) < 4.78 is 11.7. The van der Waals surface area contributed by atoms with Gasteiger partial charge in [-0.05, 0) is 64.6 Å². The number of nitriles is 1. The summed E-state index contributed by atoms with van der Waals surface area (Å²) in [6.07, 6.45) is 3.12. The van der Waals surface area contributed by atoms with E-state index in [1.807, 2.05) is 6.07 Å². The normalized spacial score (nSPS) is 10.7. The number of carbonyl (C=O) groups is 1. The van der Waals surface area contributed by atoms with E-state index in [0.717, 1.165) is 3.57 Å². The molecule has 138 valence electrons. The van der Waals surface area contributed by atoms with Crippen molar-refractivity contribution in [3.05, 3.63) is 68.8 Å². The number of amides is 1. The number of hydrogen-bond acceptors (Lipinski definition) is 4. The van der Waals surface area contributed by atoms with E-state index >= 15 is 0 Å². The van der Waals surface area contributed by atoms with Crippen LogP contribution in [-0.4, -0.2) is 19.6 Å². The second-order valence-electron chi connectivity index (χ2n) is 5.27. The molecule has 0 bridgehead atoms. The zero-order chi connectivity index (χ0) is 19.8. The highest BCUT2D eigenvalue weighted by molar-refractivity contribution is 14.1. The Labute approximate surface area is 176 Å². The average Bonchev–Trinajstić information content (AvgIpc) is 2.64. The molecule has 27 heavy (non-hydrogen) atoms. The topological polar surface area (TPSA) is 71.3 Å². The Kier molecular flexibility index (Phi) is 7.70. The molecule has 5 nitrogen and oxygen atoms in total. The number of nitrogens with zero attached hydrogens (tertiary/aromatic N) is 1. The first-order valence-electron chi connectivity index (χ1n) is 7.78. The second kappa shape index (κ2) is 10.00. The zero-order valence-electron chi connectivity index (χ0n) is 14.5. The van der Waals surface area contributed by atoms with Crippen molar-refractivity contribution in [3.63, 3.8) is 0 Å². The van der Waals surface area contributed by atoms with Gasteiger partial charge in [-0.25, -0.2) is 0 Å². The number of hydrogen-bond donors (Lipinski definition) is 1. The first-order valence-corrected chi connectivity index (χ1v) is 9.24. The Balaban J connectivity index is 2.31. The maximum atomic E-state index is 12.4. The van der Waals surface area contributed by atoms with E-state index in [-0.39, 0.29) is 5.57 Å². The predicted octanol–water partition coefficient (Wildman–Crippen LogP) is 5.06. The summed E-state index contributed by atoms with van der Waals surface area (Å²) in [5.74, 6) is 0.556. The van der Waals surface area contributed by atoms with Gasteiger partial charge in [0, 0.05) is 10.7 Å². The van der Waals surface area contributed by atoms with E-state index in [2.05, 4.69) is 34.5 Å². The third-order valence-corrected chi connectivity index (χ3v) is 4.39. The summed E-state index contributed by atoms with van der Waals surface area (Å²) in [5, 5.41) is 12.5. The van der Waals surface area contributed by atoms with Crippen molar-refractivity contribution in [1.29, 1.82) is 5.26 Å². The van der Waals surface area contributed by atoms with Gasteiger partial charge in [0.1, 0.15) is 18.2 Å². The summed E-state index contributed by atoms with van der Waals surface area (Å²) in [4.78, 5) is 12.4. The Bertz CT molecular complexity index is 935. The molecular weight excluding hydrogens is 479 g/mol. The molecule has 2 aromatic rings. The molecule has 1 N–H and O–H groups in total. The van der Waals surface area contributed by atoms with Gasteiger partial charge in [0.05, 0.1) is 10.7 Å². The molecule has 0 saturated carbocycles. The van der Waals surface area contributed by atoms with Crippen LogP contribution in [-0.2, 0) is 4.79 Å². The lowest BCUT2D eigenvalue weighted by Crippen LogP contribution is -2.13. The van der Waals surface area contributed by atoms with Gasteiger partial charge < -0.3 is 14.8 Å². The number of ether oxygens (including phenoxy) is 2. The summed E-state index contributed by atoms with van der Waals surface area (Å²) in [5.41, 5.74) is 1.10. The van der Waals surface area contributed by atoms with Crippen LogP contribution >= 0.6 is 34.2 Å². The molecule has 0 unspecified atom stereocenters. The van der Waals surface area contributed by atoms with Crippen molar-refractivity contribution >= 4 is 51.9 Å². The van der Waals surface area contributed by atoms with Gasteiger partial charge in [-0.15, -0.1) is 0 Å². The van der Waals surface area contributed by atoms with Gasteiger partial charge in [-0.3, -0.25) is 4.79 Å². The van der Waals surface area contributed by atoms with Crippen LogP contribution in [0.1, 0.15) is 5.56 Å². The quantitative estimate of drug-likeness (QED) is 0.253. The molecule has 0 fully saturated rings. The third-order valence-electron chi connectivity index (χ3n) is 3.36. The summed E-state index contributed by atoms with van der Waals surface area (Å²) >= 11 is 8.02. The Hall–Kier alpha value is -2.50. The molecule has 0 aliphatic rings. The lowest BCUT2D eigenvalue weighted by Gasteiger charge is -2.12. The number of benzene rings is 2. The van der Waals surface area contributed by atoms with Crippen molar-refractivity contribution in [2.75, 3.05) is 19.0 Å². The van der Waals surface area contributed by atoms with Gasteiger partial charge in [-0.2, -0.15) is 5.26 Å². The number of methoxy groups -OCH3 is 1. The summed E-state index contributed by atoms with van der Waals surface area (Å²) in [6.45, 7) is 3.96. The molecule has 0 atom stereocenters. The van der Waals surface area contributed by atoms with E-state index in [1.54, 1.807) is 42.5 Å². The van der Waals surface area contributed by atoms with E-state index in [4.69, 9.17) is 21.1 Å². The molecule has 0 spiro atoms. The van der Waals surface area contributed by atoms with Crippen molar-refractivity contribution in [3.8, 4) is 17.6 Å². The highest BCUT2D eigenvalue weighted by atomic mass is 127. The number of carbonyl (C=O) groups excluding carboxylic acids is 1. The number of halogens is 2. The lowest BCUT2D eigenvalue weighted by molar-refractivity contribution is -0.112. The fourth-order valence-electron chi connectivity index (χ4n) is 2.19. The monoisotopic (exact) mass is 494 g/mol. The third kappa shape index (κ3) is 5.74. The van der Waals surface area contributed by atoms with Gasteiger partial charge >= 0.3 is 0 Å². The number of anilines is 1. The standard InChI is InChI=1S/C20H16ClIN2O3/c1-3-7-27-19-17(22)9-13(10-18(19)26-2)8-14(12-23)20(25)24-16-6-4-5-15(21)11-16/h3-6,8-11H,1,7H2,2H3,(H,24,25)/b14-8+. The molecule has 0 aromatic heterocycles. The summed E-state index contributed by atoms with van der Waals surface area (Å²) in [7, 11) is 1.52. The molecule has 0 radical (unpaired) electrons. The first-order chi connectivity index (χ1) is 13.0. The van der Waals surface area contributed by atoms with Crippen molar-refractivity contribution in [2.45, 2.75) is 0 Å². The lowest BCUT2D eigenvalue weighted by atomic mass is 10.1. The summed E-state index contributed by atoms with van der Waals surface area (Å²) in [6, 6.07) is 12.1. The van der Waals surface area contributed by atoms with Crippen molar-refractivity contribution < 1.29 is 14.3 Å². The van der Waals surface area contributed by atoms with E-state index in [0.29, 0.717) is 34.4 Å². The number of rotatable bonds is 7. The average molecular weight is 495 g/mol. The molecule has 1 amide bonds. The Morgan fingerprint density at radius 3 is 2.81 bits per heavy atom. The molecule has 2 aromatic carbocycles. The van der Waals surface area contributed by atoms with Gasteiger partial charge in [0.2, 0.25) is 0 Å². The SMILES string of the molecule is C=CCOc1c(I)cc(/C=C(\C#N)C(=O)Nc2cccc(Cl)c2)cc1OC. The molecule has 2 rings (SSSR count). The van der Waals surface area contributed by atoms with Gasteiger partial charge in [0.15, 0.2) is 11.5 Å². The van der Waals surface area contributed by atoms with Crippen LogP contribution in [0.5, 0.6) is 11.5 Å². The Morgan fingerprint density at radius 1 is 1.41 bits per heavy atom. The van der Waals surface area contributed by atoms with Crippen LogP contribution in [0.25, 0.3) is 6.08 Å². The van der Waals surface area contributed by atoms with E-state index < -0.39 is 5.91 Å². The predicted molar refractivity (Wildman–Crippen MR) is 115 cm³/mol. The maximum absolute atomic E-state index is 12.4. The minimum absolute atomic E-state index is 0.0485. The molecule has 7 heteroatoms. The van der Waals surface area contributed by atoms with Gasteiger partial charge in [-0.1, -0.05) is 30.3 Å². The van der Waals surface area contributed by atoms with E-state index in [9.17, 15) is 10.1 Å². The molecule has 0 saturated heterocycles. The maximum Gasteiger partial charge on any atom is 0.266 e. The van der Waals surface area contributed by atoms with Crippen LogP contribution in [0.4, 0.5) is 5.69 Å². The van der Waals surface area contributed by atoms with Crippen LogP contribution in [0.2, 0.25) is 5.02 Å². The highest BCUT2D eigenvalue weighted by Crippen LogP contribution is 2.34. The van der Waals surface area contributed by atoms with Crippen LogP contribution in [0, 0.1) is 14.9 Å². The zero-order valence-corrected chi connectivity index (χ0v) is 17.4. The molecule has 0 aliphatic carbocycles. The molecule has 0 heterocycles. The van der Waals surface area contributed by atoms with Crippen molar-refractivity contribution in [1.82, 2.24) is 0 Å². The van der Waals surface area contributed by atoms with Gasteiger partial charge in [0.25, 0.3) is 5.91 Å². The first kappa shape index (κ1) is 20.8. The Morgan fingerprint density at radius 2 is 2.19 bits per heavy atom. The molecular formula is C20H16ClIN2O3. The second-order valence-corrected chi connectivity index (χ2v) is 6.87. The van der Waals surface area contributed by atoms with Crippen LogP contribution in [0.3, 0.4) is 0 Å². The van der Waals surface area contributed by atoms with Crippen molar-refractivity contribution in [2.24, 2.45) is 0 Å². The highest BCUT2D eigenvalue weighted by Gasteiger charge is 2.14. The minimum Gasteiger partial charge on any atom is -0.493 e. The van der Waals surface area contributed by atoms with Crippen LogP contribution < -0.4 is 14.8 Å². The van der Waals surface area contributed by atoms with Crippen LogP contribution in [0.15, 0.2) is 54.6 Å².